The number of hydrogen-bond acceptors (Lipinski definition) is 8. The minimum atomic E-state index is -3.73. The second-order valence-electron chi connectivity index (χ2n) is 8.15. The van der Waals surface area contributed by atoms with Gasteiger partial charge in [-0.25, -0.2) is 8.42 Å². The van der Waals surface area contributed by atoms with Gasteiger partial charge in [-0.2, -0.15) is 4.31 Å². The molecule has 1 atom stereocenters. The van der Waals surface area contributed by atoms with Crippen LogP contribution in [-0.2, 0) is 24.3 Å². The van der Waals surface area contributed by atoms with Gasteiger partial charge in [-0.1, -0.05) is 12.1 Å². The van der Waals surface area contributed by atoms with E-state index in [1.165, 1.54) is 10.4 Å². The van der Waals surface area contributed by atoms with Crippen LogP contribution in [0.15, 0.2) is 47.4 Å². The number of nitrogens with one attached hydrogen (secondary N) is 1. The van der Waals surface area contributed by atoms with Crippen molar-refractivity contribution in [3.63, 3.8) is 0 Å². The van der Waals surface area contributed by atoms with Crippen LogP contribution in [0.4, 0.5) is 11.4 Å². The third-order valence-corrected chi connectivity index (χ3v) is 7.88. The summed E-state index contributed by atoms with van der Waals surface area (Å²) in [6.45, 7) is 3.73. The van der Waals surface area contributed by atoms with Crippen molar-refractivity contribution in [3.05, 3.63) is 42.5 Å². The molecule has 3 aliphatic rings. The minimum absolute atomic E-state index is 0.0570. The number of benzene rings is 2. The summed E-state index contributed by atoms with van der Waals surface area (Å²) in [6, 6.07) is 12.0. The van der Waals surface area contributed by atoms with E-state index in [1.807, 2.05) is 6.07 Å². The molecule has 34 heavy (non-hydrogen) atoms. The molecule has 0 bridgehead atoms. The molecule has 1 N–H and O–H groups in total. The number of nitrogens with zero attached hydrogens (tertiary/aromatic N) is 2. The molecule has 5 rings (SSSR count). The van der Waals surface area contributed by atoms with E-state index in [0.717, 1.165) is 5.69 Å². The summed E-state index contributed by atoms with van der Waals surface area (Å²) in [5.41, 5.74) is 1.14. The highest BCUT2D eigenvalue weighted by Gasteiger charge is 2.31. The number of carbonyl (C=O) groups excluding carboxylic acids is 1. The fraction of sp³-hybridized carbons (Fsp3) is 0.435. The maximum absolute atomic E-state index is 13.2. The molecule has 2 saturated heterocycles. The van der Waals surface area contributed by atoms with E-state index >= 15 is 0 Å². The second-order valence-corrected chi connectivity index (χ2v) is 10.1. The first-order valence-electron chi connectivity index (χ1n) is 11.3. The Morgan fingerprint density at radius 1 is 0.912 bits per heavy atom. The zero-order valence-corrected chi connectivity index (χ0v) is 19.5. The van der Waals surface area contributed by atoms with E-state index in [0.29, 0.717) is 69.8 Å². The largest absolute Gasteiger partial charge is 0.485 e. The molecule has 1 unspecified atom stereocenters. The number of hydrogen-bond donors (Lipinski definition) is 1. The molecule has 0 radical (unpaired) electrons. The first-order valence-corrected chi connectivity index (χ1v) is 12.7. The highest BCUT2D eigenvalue weighted by Crippen LogP contribution is 2.33. The average Bonchev–Trinajstić information content (AvgIpc) is 2.89. The standard InChI is InChI=1S/C23H27N3O7S/c27-23(22-16-32-20-3-1-2-4-21(20)33-22)24-18-15-17(34(28,29)26-9-13-31-14-10-26)5-6-19(18)25-7-11-30-12-8-25/h1-6,15,22H,7-14,16H2,(H,24,27). The zero-order chi connectivity index (χ0) is 23.5. The number of amides is 1. The van der Waals surface area contributed by atoms with Gasteiger partial charge in [-0.15, -0.1) is 0 Å². The SMILES string of the molecule is O=C(Nc1cc(S(=O)(=O)N2CCOCC2)ccc1N1CCOCC1)C1COc2ccccc2O1. The highest BCUT2D eigenvalue weighted by molar-refractivity contribution is 7.89. The first kappa shape index (κ1) is 22.9. The number of fused-ring (bicyclic) bond motifs is 1. The molecule has 2 aromatic carbocycles. The molecule has 2 fully saturated rings. The third-order valence-electron chi connectivity index (χ3n) is 5.99. The number of anilines is 2. The monoisotopic (exact) mass is 489 g/mol. The molecule has 0 aliphatic carbocycles. The number of ether oxygens (including phenoxy) is 4. The van der Waals surface area contributed by atoms with Crippen LogP contribution in [0.1, 0.15) is 0 Å². The Morgan fingerprint density at radius 2 is 1.59 bits per heavy atom. The fourth-order valence-corrected chi connectivity index (χ4v) is 5.59. The van der Waals surface area contributed by atoms with Crippen molar-refractivity contribution >= 4 is 27.3 Å². The Morgan fingerprint density at radius 3 is 2.32 bits per heavy atom. The lowest BCUT2D eigenvalue weighted by molar-refractivity contribution is -0.125. The van der Waals surface area contributed by atoms with Gasteiger partial charge < -0.3 is 29.2 Å². The van der Waals surface area contributed by atoms with E-state index in [1.54, 1.807) is 30.3 Å². The van der Waals surface area contributed by atoms with Gasteiger partial charge in [0.15, 0.2) is 11.5 Å². The smallest absolute Gasteiger partial charge is 0.269 e. The van der Waals surface area contributed by atoms with Crippen LogP contribution in [0.5, 0.6) is 11.5 Å². The Balaban J connectivity index is 1.42. The molecule has 3 heterocycles. The minimum Gasteiger partial charge on any atom is -0.485 e. The van der Waals surface area contributed by atoms with Gasteiger partial charge in [0.05, 0.1) is 42.7 Å². The summed E-state index contributed by atoms with van der Waals surface area (Å²) >= 11 is 0. The molecule has 11 heteroatoms. The predicted molar refractivity (Wildman–Crippen MR) is 124 cm³/mol. The van der Waals surface area contributed by atoms with Crippen LogP contribution < -0.4 is 19.7 Å². The Labute approximate surface area is 198 Å². The van der Waals surface area contributed by atoms with Gasteiger partial charge in [0, 0.05) is 26.2 Å². The third kappa shape index (κ3) is 4.69. The Hall–Kier alpha value is -2.86. The normalized spacial score (nSPS) is 21.2. The lowest BCUT2D eigenvalue weighted by atomic mass is 10.2. The van der Waals surface area contributed by atoms with E-state index in [4.69, 9.17) is 18.9 Å². The number of morpholine rings is 2. The second kappa shape index (κ2) is 9.79. The van der Waals surface area contributed by atoms with Crippen molar-refractivity contribution in [2.75, 3.05) is 69.4 Å². The van der Waals surface area contributed by atoms with Crippen molar-refractivity contribution < 1.29 is 32.2 Å². The lowest BCUT2D eigenvalue weighted by Gasteiger charge is -2.32. The van der Waals surface area contributed by atoms with Crippen LogP contribution in [0.2, 0.25) is 0 Å². The fourth-order valence-electron chi connectivity index (χ4n) is 4.15. The molecule has 1 amide bonds. The Bertz CT molecular complexity index is 1150. The topological polar surface area (TPSA) is 107 Å². The first-order chi connectivity index (χ1) is 16.5. The molecular formula is C23H27N3O7S. The van der Waals surface area contributed by atoms with Gasteiger partial charge in [0.2, 0.25) is 16.1 Å². The Kier molecular flexibility index (Phi) is 6.59. The van der Waals surface area contributed by atoms with E-state index in [2.05, 4.69) is 10.2 Å². The van der Waals surface area contributed by atoms with Crippen LogP contribution in [0.25, 0.3) is 0 Å². The van der Waals surface area contributed by atoms with Crippen molar-refractivity contribution in [1.29, 1.82) is 0 Å². The quantitative estimate of drug-likeness (QED) is 0.671. The molecule has 10 nitrogen and oxygen atoms in total. The van der Waals surface area contributed by atoms with Crippen molar-refractivity contribution in [2.45, 2.75) is 11.0 Å². The maximum atomic E-state index is 13.2. The van der Waals surface area contributed by atoms with E-state index < -0.39 is 22.0 Å². The van der Waals surface area contributed by atoms with Crippen molar-refractivity contribution in [2.24, 2.45) is 0 Å². The summed E-state index contributed by atoms with van der Waals surface area (Å²) in [6.07, 6.45) is -0.869. The number of carbonyl (C=O) groups is 1. The van der Waals surface area contributed by atoms with Gasteiger partial charge in [-0.05, 0) is 30.3 Å². The van der Waals surface area contributed by atoms with Crippen molar-refractivity contribution in [3.8, 4) is 11.5 Å². The van der Waals surface area contributed by atoms with E-state index in [-0.39, 0.29) is 11.5 Å². The predicted octanol–water partition coefficient (Wildman–Crippen LogP) is 1.32. The molecule has 0 saturated carbocycles. The molecular weight excluding hydrogens is 462 g/mol. The lowest BCUT2D eigenvalue weighted by Crippen LogP contribution is -2.42. The van der Waals surface area contributed by atoms with Crippen molar-refractivity contribution in [1.82, 2.24) is 4.31 Å². The summed E-state index contributed by atoms with van der Waals surface area (Å²) in [7, 11) is -3.73. The molecule has 3 aliphatic heterocycles. The van der Waals surface area contributed by atoms with Gasteiger partial charge in [0.25, 0.3) is 5.91 Å². The van der Waals surface area contributed by atoms with Crippen LogP contribution in [0.3, 0.4) is 0 Å². The summed E-state index contributed by atoms with van der Waals surface area (Å²) in [5.74, 6) is 0.662. The van der Waals surface area contributed by atoms with Gasteiger partial charge in [0.1, 0.15) is 6.61 Å². The molecule has 182 valence electrons. The number of para-hydroxylation sites is 2. The van der Waals surface area contributed by atoms with Gasteiger partial charge in [-0.3, -0.25) is 4.79 Å². The highest BCUT2D eigenvalue weighted by atomic mass is 32.2. The number of sulfonamides is 1. The summed E-state index contributed by atoms with van der Waals surface area (Å²) in [4.78, 5) is 15.3. The van der Waals surface area contributed by atoms with Crippen LogP contribution in [0, 0.1) is 0 Å². The average molecular weight is 490 g/mol. The summed E-state index contributed by atoms with van der Waals surface area (Å²) in [5, 5.41) is 2.89. The zero-order valence-electron chi connectivity index (χ0n) is 18.6. The molecule has 0 spiro atoms. The molecule has 2 aromatic rings. The maximum Gasteiger partial charge on any atom is 0.269 e. The summed E-state index contributed by atoms with van der Waals surface area (Å²) < 4.78 is 50.1. The van der Waals surface area contributed by atoms with Gasteiger partial charge >= 0.3 is 0 Å². The van der Waals surface area contributed by atoms with Crippen LogP contribution in [-0.4, -0.2) is 83.9 Å². The van der Waals surface area contributed by atoms with E-state index in [9.17, 15) is 13.2 Å². The number of rotatable bonds is 5. The molecule has 0 aromatic heterocycles. The van der Waals surface area contributed by atoms with Crippen LogP contribution >= 0.6 is 0 Å².